The Morgan fingerprint density at radius 1 is 1.21 bits per heavy atom. The molecule has 6 heteroatoms. The zero-order chi connectivity index (χ0) is 17.4. The van der Waals surface area contributed by atoms with Crippen LogP contribution < -0.4 is 4.90 Å². The molecular formula is C18H14INO2S2. The fourth-order valence-corrected chi connectivity index (χ4v) is 4.32. The largest absolute Gasteiger partial charge is 0.507 e. The number of rotatable bonds is 2. The van der Waals surface area contributed by atoms with Crippen molar-refractivity contribution in [1.29, 1.82) is 0 Å². The molecule has 3 rings (SSSR count). The number of hydrogen-bond donors (Lipinski definition) is 1. The standard InChI is InChI=1S/C18H14INO2S2/c1-10-3-5-14(11(2)7-10)20-17(22)16(24-18(20)23)9-12-4-6-15(21)13(19)8-12/h3-9,21H,1-2H3/b16-9+. The Balaban J connectivity index is 1.96. The number of phenolic OH excluding ortho intramolecular Hbond substituents is 1. The number of anilines is 1. The predicted octanol–water partition coefficient (Wildman–Crippen LogP) is 5.02. The molecule has 0 bridgehead atoms. The number of carbonyl (C=O) groups is 1. The van der Waals surface area contributed by atoms with Crippen LogP contribution in [-0.2, 0) is 4.79 Å². The molecule has 1 heterocycles. The molecule has 2 aromatic carbocycles. The minimum Gasteiger partial charge on any atom is -0.507 e. The summed E-state index contributed by atoms with van der Waals surface area (Å²) in [6.45, 7) is 4.00. The first-order valence-electron chi connectivity index (χ1n) is 7.20. The van der Waals surface area contributed by atoms with Gasteiger partial charge in [-0.25, -0.2) is 0 Å². The molecule has 3 nitrogen and oxygen atoms in total. The molecule has 24 heavy (non-hydrogen) atoms. The van der Waals surface area contributed by atoms with E-state index in [9.17, 15) is 9.90 Å². The van der Waals surface area contributed by atoms with Gasteiger partial charge in [0.2, 0.25) is 0 Å². The maximum absolute atomic E-state index is 12.8. The number of amides is 1. The molecule has 0 unspecified atom stereocenters. The Morgan fingerprint density at radius 3 is 2.62 bits per heavy atom. The number of aryl methyl sites for hydroxylation is 2. The summed E-state index contributed by atoms with van der Waals surface area (Å²) in [6, 6.07) is 11.2. The van der Waals surface area contributed by atoms with E-state index in [1.54, 1.807) is 17.0 Å². The number of hydrogen-bond acceptors (Lipinski definition) is 4. The molecule has 0 atom stereocenters. The van der Waals surface area contributed by atoms with E-state index >= 15 is 0 Å². The van der Waals surface area contributed by atoms with E-state index < -0.39 is 0 Å². The van der Waals surface area contributed by atoms with Crippen molar-refractivity contribution in [2.75, 3.05) is 4.90 Å². The summed E-state index contributed by atoms with van der Waals surface area (Å²) in [5.41, 5.74) is 3.85. The molecule has 2 aromatic rings. The van der Waals surface area contributed by atoms with Gasteiger partial charge in [0.1, 0.15) is 5.75 Å². The van der Waals surface area contributed by atoms with Crippen molar-refractivity contribution in [3.8, 4) is 5.75 Å². The maximum Gasteiger partial charge on any atom is 0.270 e. The second-order valence-electron chi connectivity index (χ2n) is 5.52. The average molecular weight is 467 g/mol. The number of thioether (sulfide) groups is 1. The quantitative estimate of drug-likeness (QED) is 0.383. The van der Waals surface area contributed by atoms with E-state index in [1.165, 1.54) is 11.8 Å². The number of benzene rings is 2. The van der Waals surface area contributed by atoms with Gasteiger partial charge in [0.15, 0.2) is 4.32 Å². The third kappa shape index (κ3) is 3.36. The third-order valence-corrected chi connectivity index (χ3v) is 5.82. The van der Waals surface area contributed by atoms with Crippen LogP contribution in [0.2, 0.25) is 0 Å². The Labute approximate surface area is 163 Å². The van der Waals surface area contributed by atoms with E-state index in [0.717, 1.165) is 25.9 Å². The summed E-state index contributed by atoms with van der Waals surface area (Å²) in [5.74, 6) is 0.121. The Hall–Kier alpha value is -1.38. The van der Waals surface area contributed by atoms with Crippen molar-refractivity contribution in [3.63, 3.8) is 0 Å². The zero-order valence-electron chi connectivity index (χ0n) is 13.0. The van der Waals surface area contributed by atoms with Crippen LogP contribution in [0.4, 0.5) is 5.69 Å². The van der Waals surface area contributed by atoms with Crippen LogP contribution in [0.1, 0.15) is 16.7 Å². The highest BCUT2D eigenvalue weighted by atomic mass is 127. The smallest absolute Gasteiger partial charge is 0.270 e. The molecule has 1 aliphatic heterocycles. The van der Waals surface area contributed by atoms with E-state index in [0.29, 0.717) is 9.23 Å². The van der Waals surface area contributed by atoms with Crippen LogP contribution in [0, 0.1) is 17.4 Å². The van der Waals surface area contributed by atoms with Crippen LogP contribution in [-0.4, -0.2) is 15.3 Å². The number of phenols is 1. The summed E-state index contributed by atoms with van der Waals surface area (Å²) in [4.78, 5) is 15.0. The lowest BCUT2D eigenvalue weighted by molar-refractivity contribution is -0.113. The van der Waals surface area contributed by atoms with Gasteiger partial charge in [-0.2, -0.15) is 0 Å². The lowest BCUT2D eigenvalue weighted by Gasteiger charge is -2.17. The first-order chi connectivity index (χ1) is 11.4. The summed E-state index contributed by atoms with van der Waals surface area (Å²) in [5, 5.41) is 9.61. The molecule has 0 aliphatic carbocycles. The van der Waals surface area contributed by atoms with Crippen molar-refractivity contribution in [2.45, 2.75) is 13.8 Å². The minimum absolute atomic E-state index is 0.111. The molecule has 122 valence electrons. The van der Waals surface area contributed by atoms with Crippen molar-refractivity contribution < 1.29 is 9.90 Å². The molecule has 0 saturated carbocycles. The van der Waals surface area contributed by atoms with Gasteiger partial charge >= 0.3 is 0 Å². The van der Waals surface area contributed by atoms with Gasteiger partial charge in [-0.1, -0.05) is 47.7 Å². The van der Waals surface area contributed by atoms with Gasteiger partial charge in [0, 0.05) is 0 Å². The van der Waals surface area contributed by atoms with Gasteiger partial charge < -0.3 is 5.11 Å². The zero-order valence-corrected chi connectivity index (χ0v) is 16.8. The molecular weight excluding hydrogens is 453 g/mol. The average Bonchev–Trinajstić information content (AvgIpc) is 2.78. The fourth-order valence-electron chi connectivity index (χ4n) is 2.50. The molecule has 1 fully saturated rings. The number of halogens is 1. The Kier molecular flexibility index (Phi) is 4.98. The van der Waals surface area contributed by atoms with E-state index in [4.69, 9.17) is 12.2 Å². The van der Waals surface area contributed by atoms with E-state index in [1.807, 2.05) is 44.2 Å². The monoisotopic (exact) mass is 467 g/mol. The molecule has 0 spiro atoms. The van der Waals surface area contributed by atoms with Crippen LogP contribution in [0.3, 0.4) is 0 Å². The van der Waals surface area contributed by atoms with Crippen LogP contribution in [0.15, 0.2) is 41.3 Å². The molecule has 1 N–H and O–H groups in total. The van der Waals surface area contributed by atoms with Crippen molar-refractivity contribution in [2.24, 2.45) is 0 Å². The first kappa shape index (κ1) is 17.4. The van der Waals surface area contributed by atoms with Crippen LogP contribution in [0.5, 0.6) is 5.75 Å². The molecule has 0 radical (unpaired) electrons. The SMILES string of the molecule is Cc1ccc(N2C(=O)/C(=C\c3ccc(O)c(I)c3)SC2=S)c(C)c1. The summed E-state index contributed by atoms with van der Waals surface area (Å²) in [6.07, 6.45) is 1.81. The highest BCUT2D eigenvalue weighted by Gasteiger charge is 2.34. The summed E-state index contributed by atoms with van der Waals surface area (Å²) >= 11 is 8.78. The molecule has 1 saturated heterocycles. The van der Waals surface area contributed by atoms with Gasteiger partial charge in [0.05, 0.1) is 14.2 Å². The number of thiocarbonyl (C=S) groups is 1. The Morgan fingerprint density at radius 2 is 1.96 bits per heavy atom. The summed E-state index contributed by atoms with van der Waals surface area (Å²) < 4.78 is 1.28. The van der Waals surface area contributed by atoms with Gasteiger partial charge in [-0.15, -0.1) is 0 Å². The number of nitrogens with zero attached hydrogens (tertiary/aromatic N) is 1. The minimum atomic E-state index is -0.111. The Bertz CT molecular complexity index is 893. The van der Waals surface area contributed by atoms with Gasteiger partial charge in [0.25, 0.3) is 5.91 Å². The van der Waals surface area contributed by atoms with Gasteiger partial charge in [-0.05, 0) is 71.8 Å². The maximum atomic E-state index is 12.8. The second kappa shape index (κ2) is 6.85. The molecule has 0 aromatic heterocycles. The summed E-state index contributed by atoms with van der Waals surface area (Å²) in [7, 11) is 0. The van der Waals surface area contributed by atoms with Crippen molar-refractivity contribution >= 4 is 68.6 Å². The third-order valence-electron chi connectivity index (χ3n) is 3.66. The number of carbonyl (C=O) groups excluding carboxylic acids is 1. The van der Waals surface area contributed by atoms with Crippen molar-refractivity contribution in [1.82, 2.24) is 0 Å². The normalized spacial score (nSPS) is 16.3. The highest BCUT2D eigenvalue weighted by molar-refractivity contribution is 14.1. The predicted molar refractivity (Wildman–Crippen MR) is 112 cm³/mol. The molecule has 1 aliphatic rings. The topological polar surface area (TPSA) is 40.5 Å². The lowest BCUT2D eigenvalue weighted by atomic mass is 10.1. The number of aromatic hydroxyl groups is 1. The second-order valence-corrected chi connectivity index (χ2v) is 8.36. The van der Waals surface area contributed by atoms with Crippen LogP contribution in [0.25, 0.3) is 6.08 Å². The van der Waals surface area contributed by atoms with Crippen LogP contribution >= 0.6 is 46.6 Å². The van der Waals surface area contributed by atoms with E-state index in [2.05, 4.69) is 22.6 Å². The molecule has 1 amide bonds. The van der Waals surface area contributed by atoms with E-state index in [-0.39, 0.29) is 11.7 Å². The lowest BCUT2D eigenvalue weighted by Crippen LogP contribution is -2.28. The first-order valence-corrected chi connectivity index (χ1v) is 9.51. The van der Waals surface area contributed by atoms with Gasteiger partial charge in [-0.3, -0.25) is 9.69 Å². The highest BCUT2D eigenvalue weighted by Crippen LogP contribution is 2.37. The van der Waals surface area contributed by atoms with Crippen molar-refractivity contribution in [3.05, 3.63) is 61.6 Å². The fraction of sp³-hybridized carbons (Fsp3) is 0.111.